The summed E-state index contributed by atoms with van der Waals surface area (Å²) in [6.07, 6.45) is 4.55. The molecule has 0 bridgehead atoms. The minimum Gasteiger partial charge on any atom is -0.483 e. The number of nitrogen functional groups attached to an aromatic ring is 1. The lowest BCUT2D eigenvalue weighted by molar-refractivity contribution is -0.126. The predicted octanol–water partition coefficient (Wildman–Crippen LogP) is 0.00390. The lowest BCUT2D eigenvalue weighted by Crippen LogP contribution is -2.47. The maximum Gasteiger partial charge on any atom is 0.290 e. The molecule has 176 valence electrons. The lowest BCUT2D eigenvalue weighted by atomic mass is 10.0. The van der Waals surface area contributed by atoms with Crippen LogP contribution in [0.2, 0.25) is 0 Å². The van der Waals surface area contributed by atoms with Crippen molar-refractivity contribution < 1.29 is 29.3 Å². The van der Waals surface area contributed by atoms with Gasteiger partial charge in [-0.25, -0.2) is 4.98 Å². The van der Waals surface area contributed by atoms with Crippen LogP contribution >= 0.6 is 11.3 Å². The van der Waals surface area contributed by atoms with Crippen molar-refractivity contribution in [2.45, 2.75) is 44.2 Å². The molecular weight excluding hydrogens is 426 g/mol. The van der Waals surface area contributed by atoms with Crippen LogP contribution in [0.4, 0.5) is 5.13 Å². The van der Waals surface area contributed by atoms with Crippen LogP contribution in [0.15, 0.2) is 5.38 Å². The van der Waals surface area contributed by atoms with E-state index in [0.717, 1.165) is 64.1 Å². The Kier molecular flexibility index (Phi) is 13.4. The van der Waals surface area contributed by atoms with Gasteiger partial charge >= 0.3 is 0 Å². The van der Waals surface area contributed by atoms with Crippen molar-refractivity contribution >= 4 is 35.3 Å². The van der Waals surface area contributed by atoms with Crippen LogP contribution in [-0.2, 0) is 25.5 Å². The van der Waals surface area contributed by atoms with Gasteiger partial charge in [0.15, 0.2) is 5.13 Å². The van der Waals surface area contributed by atoms with Gasteiger partial charge in [-0.05, 0) is 25.7 Å². The van der Waals surface area contributed by atoms with Gasteiger partial charge in [0.1, 0.15) is 0 Å². The Bertz CT molecular complexity index is 649. The fourth-order valence-corrected chi connectivity index (χ4v) is 4.31. The second kappa shape index (κ2) is 15.5. The van der Waals surface area contributed by atoms with Crippen molar-refractivity contribution in [2.75, 3.05) is 38.6 Å². The highest BCUT2D eigenvalue weighted by molar-refractivity contribution is 7.13. The normalized spacial score (nSPS) is 22.0. The summed E-state index contributed by atoms with van der Waals surface area (Å²) >= 11 is 1.43. The summed E-state index contributed by atoms with van der Waals surface area (Å²) in [6.45, 7) is 3.40. The SMILES string of the molecule is Nc1nc(CCNC(=O)[C@@H]2CC[C@H](N)CN(C3CCOCC3)C2)cs1.O=CO.O=CO. The molecule has 2 aliphatic heterocycles. The van der Waals surface area contributed by atoms with Crippen molar-refractivity contribution in [3.05, 3.63) is 11.1 Å². The molecule has 0 aliphatic carbocycles. The van der Waals surface area contributed by atoms with Crippen molar-refractivity contribution in [3.63, 3.8) is 0 Å². The number of hydrogen-bond acceptors (Lipinski definition) is 9. The zero-order valence-corrected chi connectivity index (χ0v) is 18.3. The Morgan fingerprint density at radius 2 is 1.87 bits per heavy atom. The van der Waals surface area contributed by atoms with Gasteiger partial charge in [-0.15, -0.1) is 11.3 Å². The zero-order valence-electron chi connectivity index (χ0n) is 17.5. The molecule has 0 saturated carbocycles. The molecule has 0 unspecified atom stereocenters. The largest absolute Gasteiger partial charge is 0.483 e. The van der Waals surface area contributed by atoms with Crippen LogP contribution in [0.3, 0.4) is 0 Å². The summed E-state index contributed by atoms with van der Waals surface area (Å²) in [5, 5.41) is 19.4. The monoisotopic (exact) mass is 459 g/mol. The molecule has 3 heterocycles. The van der Waals surface area contributed by atoms with E-state index >= 15 is 0 Å². The molecule has 1 amide bonds. The van der Waals surface area contributed by atoms with Crippen LogP contribution in [0.25, 0.3) is 0 Å². The molecule has 7 N–H and O–H groups in total. The van der Waals surface area contributed by atoms with E-state index in [2.05, 4.69) is 15.2 Å². The van der Waals surface area contributed by atoms with E-state index in [-0.39, 0.29) is 30.8 Å². The summed E-state index contributed by atoms with van der Waals surface area (Å²) in [5.74, 6) is 0.145. The molecular formula is C19H33N5O6S. The Labute approximate surface area is 185 Å². The Morgan fingerprint density at radius 3 is 2.45 bits per heavy atom. The minimum atomic E-state index is -0.250. The average molecular weight is 460 g/mol. The van der Waals surface area contributed by atoms with Crippen LogP contribution in [0.1, 0.15) is 31.4 Å². The first-order chi connectivity index (χ1) is 14.9. The van der Waals surface area contributed by atoms with Gasteiger partial charge in [0.2, 0.25) is 5.91 Å². The van der Waals surface area contributed by atoms with Gasteiger partial charge in [0.25, 0.3) is 12.9 Å². The predicted molar refractivity (Wildman–Crippen MR) is 117 cm³/mol. The van der Waals surface area contributed by atoms with Gasteiger partial charge in [-0.1, -0.05) is 0 Å². The van der Waals surface area contributed by atoms with Crippen LogP contribution in [-0.4, -0.2) is 83.9 Å². The number of carboxylic acid groups (broad SMARTS) is 2. The number of aromatic nitrogens is 1. The fourth-order valence-electron chi connectivity index (χ4n) is 3.71. The number of likely N-dealkylation sites (tertiary alicyclic amines) is 1. The Morgan fingerprint density at radius 1 is 1.23 bits per heavy atom. The molecule has 0 radical (unpaired) electrons. The highest BCUT2D eigenvalue weighted by atomic mass is 32.1. The van der Waals surface area contributed by atoms with Crippen molar-refractivity contribution in [1.82, 2.24) is 15.2 Å². The van der Waals surface area contributed by atoms with E-state index in [4.69, 9.17) is 36.0 Å². The quantitative estimate of drug-likeness (QED) is 0.376. The molecule has 2 aliphatic rings. The lowest BCUT2D eigenvalue weighted by Gasteiger charge is -2.35. The standard InChI is InChI=1S/C17H29N5O2S.2CH2O2/c18-13-2-1-12(9-22(10-13)15-4-7-24-8-5-15)16(23)20-6-3-14-11-25-17(19)21-14;2*2-1-3/h11-13,15H,1-10,18H2,(H2,19,21)(H,20,23);2*1H,(H,2,3)/t12-,13+;;/m1../s1. The van der Waals surface area contributed by atoms with Gasteiger partial charge in [-0.2, -0.15) is 0 Å². The second-order valence-corrected chi connectivity index (χ2v) is 8.15. The third-order valence-corrected chi connectivity index (χ3v) is 5.86. The van der Waals surface area contributed by atoms with Crippen molar-refractivity contribution in [2.24, 2.45) is 11.7 Å². The van der Waals surface area contributed by atoms with E-state index in [9.17, 15) is 4.79 Å². The van der Waals surface area contributed by atoms with E-state index in [0.29, 0.717) is 17.7 Å². The van der Waals surface area contributed by atoms with Crippen LogP contribution in [0, 0.1) is 5.92 Å². The van der Waals surface area contributed by atoms with E-state index in [1.165, 1.54) is 11.3 Å². The zero-order chi connectivity index (χ0) is 23.1. The summed E-state index contributed by atoms with van der Waals surface area (Å²) in [7, 11) is 0. The topological polar surface area (TPSA) is 181 Å². The molecule has 0 spiro atoms. The highest BCUT2D eigenvalue weighted by Gasteiger charge is 2.31. The minimum absolute atomic E-state index is 0.0110. The van der Waals surface area contributed by atoms with E-state index in [1.807, 2.05) is 5.38 Å². The first-order valence-electron chi connectivity index (χ1n) is 10.2. The first-order valence-corrected chi connectivity index (χ1v) is 11.0. The molecule has 2 fully saturated rings. The van der Waals surface area contributed by atoms with E-state index in [1.54, 1.807) is 0 Å². The number of thiazole rings is 1. The van der Waals surface area contributed by atoms with Crippen molar-refractivity contribution in [1.29, 1.82) is 0 Å². The van der Waals surface area contributed by atoms with E-state index < -0.39 is 0 Å². The molecule has 31 heavy (non-hydrogen) atoms. The van der Waals surface area contributed by atoms with Crippen LogP contribution < -0.4 is 16.8 Å². The summed E-state index contributed by atoms with van der Waals surface area (Å²) in [6, 6.07) is 0.643. The number of nitrogens with zero attached hydrogens (tertiary/aromatic N) is 2. The molecule has 1 aromatic rings. The van der Waals surface area contributed by atoms with Gasteiger partial charge in [-0.3, -0.25) is 19.3 Å². The molecule has 11 nitrogen and oxygen atoms in total. The molecule has 12 heteroatoms. The number of carbonyl (C=O) groups is 3. The summed E-state index contributed by atoms with van der Waals surface area (Å²) in [4.78, 5) is 36.0. The van der Waals surface area contributed by atoms with Crippen molar-refractivity contribution in [3.8, 4) is 0 Å². The Balaban J connectivity index is 0.000000720. The molecule has 1 aromatic heterocycles. The average Bonchev–Trinajstić information content (AvgIpc) is 3.06. The number of rotatable bonds is 5. The van der Waals surface area contributed by atoms with Gasteiger partial charge in [0.05, 0.1) is 11.6 Å². The molecule has 2 atom stereocenters. The second-order valence-electron chi connectivity index (χ2n) is 7.26. The van der Waals surface area contributed by atoms with Gasteiger partial charge < -0.3 is 31.7 Å². The number of carbonyl (C=O) groups excluding carboxylic acids is 1. The van der Waals surface area contributed by atoms with Gasteiger partial charge in [0, 0.05) is 56.7 Å². The first kappa shape index (κ1) is 26.8. The number of hydrogen-bond donors (Lipinski definition) is 5. The fraction of sp³-hybridized carbons (Fsp3) is 0.684. The number of ether oxygens (including phenoxy) is 1. The maximum absolute atomic E-state index is 12.6. The number of nitrogens with two attached hydrogens (primary N) is 2. The third kappa shape index (κ3) is 10.5. The summed E-state index contributed by atoms with van der Waals surface area (Å²) < 4.78 is 5.47. The number of anilines is 1. The molecule has 2 saturated heterocycles. The number of nitrogens with one attached hydrogen (secondary N) is 1. The van der Waals surface area contributed by atoms with Crippen LogP contribution in [0.5, 0.6) is 0 Å². The molecule has 0 aromatic carbocycles. The molecule has 3 rings (SSSR count). The highest BCUT2D eigenvalue weighted by Crippen LogP contribution is 2.22. The summed E-state index contributed by atoms with van der Waals surface area (Å²) in [5.41, 5.74) is 12.8. The third-order valence-electron chi connectivity index (χ3n) is 5.14. The number of amides is 1. The Hall–Kier alpha value is -2.28. The maximum atomic E-state index is 12.6. The smallest absolute Gasteiger partial charge is 0.290 e.